The Hall–Kier alpha value is -2.62. The van der Waals surface area contributed by atoms with Crippen LogP contribution in [-0.2, 0) is 22.4 Å². The zero-order chi connectivity index (χ0) is 20.2. The summed E-state index contributed by atoms with van der Waals surface area (Å²) in [5, 5.41) is 6.07. The van der Waals surface area contributed by atoms with Gasteiger partial charge in [-0.1, -0.05) is 60.7 Å². The van der Waals surface area contributed by atoms with Crippen LogP contribution in [0.2, 0.25) is 0 Å². The smallest absolute Gasteiger partial charge is 0.220 e. The largest absolute Gasteiger partial charge is 0.353 e. The zero-order valence-corrected chi connectivity index (χ0v) is 17.0. The van der Waals surface area contributed by atoms with Crippen molar-refractivity contribution in [1.82, 2.24) is 10.6 Å². The molecular weight excluding hydrogens is 348 g/mol. The molecule has 28 heavy (non-hydrogen) atoms. The molecule has 4 nitrogen and oxygen atoms in total. The third kappa shape index (κ3) is 8.85. The molecule has 0 aliphatic heterocycles. The van der Waals surface area contributed by atoms with Gasteiger partial charge in [-0.2, -0.15) is 0 Å². The fraction of sp³-hybridized carbons (Fsp3) is 0.417. The Morgan fingerprint density at radius 3 is 1.39 bits per heavy atom. The summed E-state index contributed by atoms with van der Waals surface area (Å²) in [5.41, 5.74) is 2.44. The van der Waals surface area contributed by atoms with Gasteiger partial charge in [0.25, 0.3) is 0 Å². The highest BCUT2D eigenvalue weighted by molar-refractivity contribution is 5.77. The second kappa shape index (κ2) is 12.0. The first-order valence-corrected chi connectivity index (χ1v) is 10.2. The minimum absolute atomic E-state index is 0.0567. The molecule has 0 radical (unpaired) electrons. The molecule has 0 heterocycles. The molecular formula is C24H32N2O2. The first-order valence-electron chi connectivity index (χ1n) is 10.2. The first-order chi connectivity index (χ1) is 13.5. The van der Waals surface area contributed by atoms with Gasteiger partial charge in [-0.05, 0) is 50.7 Å². The van der Waals surface area contributed by atoms with Crippen LogP contribution in [0.15, 0.2) is 60.7 Å². The lowest BCUT2D eigenvalue weighted by atomic mass is 10.1. The van der Waals surface area contributed by atoms with Gasteiger partial charge in [0.15, 0.2) is 0 Å². The van der Waals surface area contributed by atoms with E-state index in [0.29, 0.717) is 12.8 Å². The normalized spacial score (nSPS) is 12.8. The summed E-state index contributed by atoms with van der Waals surface area (Å²) >= 11 is 0. The van der Waals surface area contributed by atoms with Gasteiger partial charge < -0.3 is 10.6 Å². The minimum Gasteiger partial charge on any atom is -0.353 e. The van der Waals surface area contributed by atoms with Crippen LogP contribution in [-0.4, -0.2) is 23.9 Å². The SMILES string of the molecule is C[C@@H](Cc1ccccc1)NC(=O)CCCCC(=O)N[C@@H](C)Cc1ccccc1. The third-order valence-corrected chi connectivity index (χ3v) is 4.64. The highest BCUT2D eigenvalue weighted by Crippen LogP contribution is 2.06. The van der Waals surface area contributed by atoms with E-state index in [2.05, 4.69) is 34.9 Å². The molecule has 0 spiro atoms. The number of rotatable bonds is 11. The lowest BCUT2D eigenvalue weighted by molar-refractivity contribution is -0.123. The summed E-state index contributed by atoms with van der Waals surface area (Å²) in [6.45, 7) is 4.04. The number of carbonyl (C=O) groups is 2. The van der Waals surface area contributed by atoms with Crippen LogP contribution in [0.3, 0.4) is 0 Å². The topological polar surface area (TPSA) is 58.2 Å². The minimum atomic E-state index is 0.0567. The van der Waals surface area contributed by atoms with Gasteiger partial charge >= 0.3 is 0 Å². The van der Waals surface area contributed by atoms with Gasteiger partial charge in [-0.15, -0.1) is 0 Å². The first kappa shape index (κ1) is 21.7. The fourth-order valence-corrected chi connectivity index (χ4v) is 3.30. The number of benzene rings is 2. The number of nitrogens with one attached hydrogen (secondary N) is 2. The van der Waals surface area contributed by atoms with Crippen molar-refractivity contribution in [2.45, 2.75) is 64.5 Å². The molecule has 0 unspecified atom stereocenters. The van der Waals surface area contributed by atoms with Crippen molar-refractivity contribution in [1.29, 1.82) is 0 Å². The number of hydrogen-bond acceptors (Lipinski definition) is 2. The molecule has 0 saturated carbocycles. The van der Waals surface area contributed by atoms with Crippen molar-refractivity contribution in [2.24, 2.45) is 0 Å². The van der Waals surface area contributed by atoms with Gasteiger partial charge in [0.1, 0.15) is 0 Å². The van der Waals surface area contributed by atoms with Crippen LogP contribution < -0.4 is 10.6 Å². The second-order valence-corrected chi connectivity index (χ2v) is 7.52. The number of carbonyl (C=O) groups excluding carboxylic acids is 2. The van der Waals surface area contributed by atoms with E-state index in [-0.39, 0.29) is 23.9 Å². The predicted octanol–water partition coefficient (Wildman–Crippen LogP) is 4.04. The van der Waals surface area contributed by atoms with Gasteiger partial charge in [0.05, 0.1) is 0 Å². The summed E-state index contributed by atoms with van der Waals surface area (Å²) in [5.74, 6) is 0.113. The van der Waals surface area contributed by atoms with E-state index < -0.39 is 0 Å². The summed E-state index contributed by atoms with van der Waals surface area (Å²) in [4.78, 5) is 24.1. The van der Waals surface area contributed by atoms with E-state index >= 15 is 0 Å². The van der Waals surface area contributed by atoms with Crippen molar-refractivity contribution in [2.75, 3.05) is 0 Å². The number of hydrogen-bond donors (Lipinski definition) is 2. The van der Waals surface area contributed by atoms with Gasteiger partial charge in [-0.25, -0.2) is 0 Å². The second-order valence-electron chi connectivity index (χ2n) is 7.52. The molecule has 2 atom stereocenters. The lowest BCUT2D eigenvalue weighted by Gasteiger charge is -2.15. The summed E-state index contributed by atoms with van der Waals surface area (Å²) in [6.07, 6.45) is 4.04. The Balaban J connectivity index is 1.56. The summed E-state index contributed by atoms with van der Waals surface area (Å²) in [7, 11) is 0. The third-order valence-electron chi connectivity index (χ3n) is 4.64. The Bertz CT molecular complexity index is 652. The molecule has 2 aromatic carbocycles. The van der Waals surface area contributed by atoms with Crippen molar-refractivity contribution in [3.8, 4) is 0 Å². The summed E-state index contributed by atoms with van der Waals surface area (Å²) < 4.78 is 0. The van der Waals surface area contributed by atoms with Crippen molar-refractivity contribution < 1.29 is 9.59 Å². The highest BCUT2D eigenvalue weighted by Gasteiger charge is 2.10. The number of unbranched alkanes of at least 4 members (excludes halogenated alkanes) is 1. The van der Waals surface area contributed by atoms with Crippen LogP contribution in [0.1, 0.15) is 50.7 Å². The zero-order valence-electron chi connectivity index (χ0n) is 17.0. The van der Waals surface area contributed by atoms with E-state index in [9.17, 15) is 9.59 Å². The Labute approximate surface area is 168 Å². The average molecular weight is 381 g/mol. The van der Waals surface area contributed by atoms with Crippen LogP contribution in [0, 0.1) is 0 Å². The molecule has 2 N–H and O–H groups in total. The average Bonchev–Trinajstić information content (AvgIpc) is 2.66. The van der Waals surface area contributed by atoms with Crippen LogP contribution in [0.5, 0.6) is 0 Å². The number of amides is 2. The molecule has 4 heteroatoms. The van der Waals surface area contributed by atoms with Crippen molar-refractivity contribution in [3.05, 3.63) is 71.8 Å². The lowest BCUT2D eigenvalue weighted by Crippen LogP contribution is -2.34. The molecule has 0 bridgehead atoms. The van der Waals surface area contributed by atoms with E-state index in [4.69, 9.17) is 0 Å². The Kier molecular flexibility index (Phi) is 9.26. The van der Waals surface area contributed by atoms with Gasteiger partial charge in [0.2, 0.25) is 11.8 Å². The molecule has 2 aromatic rings. The molecule has 0 aliphatic carbocycles. The molecule has 0 aromatic heterocycles. The maximum atomic E-state index is 12.1. The quantitative estimate of drug-likeness (QED) is 0.578. The molecule has 0 saturated heterocycles. The predicted molar refractivity (Wildman–Crippen MR) is 114 cm³/mol. The van der Waals surface area contributed by atoms with E-state index in [1.807, 2.05) is 50.2 Å². The van der Waals surface area contributed by atoms with E-state index in [1.54, 1.807) is 0 Å². The van der Waals surface area contributed by atoms with Crippen LogP contribution in [0.4, 0.5) is 0 Å². The maximum Gasteiger partial charge on any atom is 0.220 e. The summed E-state index contributed by atoms with van der Waals surface area (Å²) in [6, 6.07) is 20.5. The van der Waals surface area contributed by atoms with Crippen LogP contribution >= 0.6 is 0 Å². The van der Waals surface area contributed by atoms with E-state index in [1.165, 1.54) is 11.1 Å². The van der Waals surface area contributed by atoms with Gasteiger partial charge in [0, 0.05) is 24.9 Å². The van der Waals surface area contributed by atoms with Crippen molar-refractivity contribution in [3.63, 3.8) is 0 Å². The standard InChI is InChI=1S/C24H32N2O2/c1-19(17-21-11-5-3-6-12-21)25-23(27)15-9-10-16-24(28)26-20(2)18-22-13-7-4-8-14-22/h3-8,11-14,19-20H,9-10,15-18H2,1-2H3,(H,25,27)(H,26,28)/t19-,20-/m0/s1. The monoisotopic (exact) mass is 380 g/mol. The Morgan fingerprint density at radius 1 is 0.679 bits per heavy atom. The fourth-order valence-electron chi connectivity index (χ4n) is 3.30. The molecule has 0 fully saturated rings. The van der Waals surface area contributed by atoms with Crippen LogP contribution in [0.25, 0.3) is 0 Å². The molecule has 2 rings (SSSR count). The molecule has 150 valence electrons. The van der Waals surface area contributed by atoms with Crippen molar-refractivity contribution >= 4 is 11.8 Å². The van der Waals surface area contributed by atoms with E-state index in [0.717, 1.165) is 25.7 Å². The highest BCUT2D eigenvalue weighted by atomic mass is 16.2. The van der Waals surface area contributed by atoms with Gasteiger partial charge in [-0.3, -0.25) is 9.59 Å². The molecule has 0 aliphatic rings. The molecule has 2 amide bonds. The maximum absolute atomic E-state index is 12.1. The Morgan fingerprint density at radius 2 is 1.04 bits per heavy atom.